The molecule has 1 atom stereocenters. The number of aryl methyl sites for hydroxylation is 1. The average molecular weight is 521 g/mol. The Labute approximate surface area is 210 Å². The van der Waals surface area contributed by atoms with E-state index in [0.29, 0.717) is 35.7 Å². The molecule has 0 aliphatic carbocycles. The van der Waals surface area contributed by atoms with Gasteiger partial charge in [0, 0.05) is 24.7 Å². The van der Waals surface area contributed by atoms with Crippen LogP contribution in [0.15, 0.2) is 48.5 Å². The molecule has 1 N–H and O–H groups in total. The smallest absolute Gasteiger partial charge is 0.436 e. The number of hydrogen-bond acceptors (Lipinski definition) is 5. The third-order valence-corrected chi connectivity index (χ3v) is 6.24. The highest BCUT2D eigenvalue weighted by atomic mass is 35.5. The molecular formula is C25H24ClF3N4O3. The summed E-state index contributed by atoms with van der Waals surface area (Å²) in [6, 6.07) is 12.7. The van der Waals surface area contributed by atoms with Crippen LogP contribution in [0.25, 0.3) is 0 Å². The van der Waals surface area contributed by atoms with Gasteiger partial charge in [-0.25, -0.2) is 9.48 Å². The average Bonchev–Trinajstić information content (AvgIpc) is 3.26. The van der Waals surface area contributed by atoms with Gasteiger partial charge in [-0.3, -0.25) is 4.79 Å². The number of fused-ring (bicyclic) bond motifs is 1. The number of ether oxygens (including phenoxy) is 1. The lowest BCUT2D eigenvalue weighted by atomic mass is 10.0. The number of amides is 1. The van der Waals surface area contributed by atoms with E-state index in [-0.39, 0.29) is 12.4 Å². The van der Waals surface area contributed by atoms with Gasteiger partial charge in [0.15, 0.2) is 5.69 Å². The number of esters is 1. The van der Waals surface area contributed by atoms with Gasteiger partial charge < -0.3 is 15.0 Å². The van der Waals surface area contributed by atoms with Crippen LogP contribution in [-0.2, 0) is 24.0 Å². The highest BCUT2D eigenvalue weighted by Gasteiger charge is 2.43. The first-order chi connectivity index (χ1) is 17.1. The lowest BCUT2D eigenvalue weighted by molar-refractivity contribution is -0.141. The van der Waals surface area contributed by atoms with E-state index >= 15 is 0 Å². The lowest BCUT2D eigenvalue weighted by Crippen LogP contribution is -2.35. The number of benzene rings is 2. The van der Waals surface area contributed by atoms with Gasteiger partial charge >= 0.3 is 12.1 Å². The summed E-state index contributed by atoms with van der Waals surface area (Å²) in [6.07, 6.45) is -4.22. The second kappa shape index (κ2) is 10.2. The number of alkyl halides is 3. The van der Waals surface area contributed by atoms with Gasteiger partial charge in [0.2, 0.25) is 0 Å². The summed E-state index contributed by atoms with van der Waals surface area (Å²) in [5.74, 6) is -1.26. The normalized spacial score (nSPS) is 14.2. The molecule has 0 spiro atoms. The fraction of sp³-hybridized carbons (Fsp3) is 0.320. The molecule has 0 saturated carbocycles. The van der Waals surface area contributed by atoms with Crippen LogP contribution in [0.4, 0.5) is 19.0 Å². The minimum absolute atomic E-state index is 0.134. The van der Waals surface area contributed by atoms with Crippen LogP contribution in [0.5, 0.6) is 0 Å². The van der Waals surface area contributed by atoms with Gasteiger partial charge in [-0.15, -0.1) is 0 Å². The van der Waals surface area contributed by atoms with E-state index in [4.69, 9.17) is 11.6 Å². The molecule has 0 radical (unpaired) electrons. The van der Waals surface area contributed by atoms with Crippen molar-refractivity contribution < 1.29 is 27.5 Å². The first-order valence-corrected chi connectivity index (χ1v) is 11.6. The van der Waals surface area contributed by atoms with E-state index in [1.807, 2.05) is 0 Å². The van der Waals surface area contributed by atoms with Crippen molar-refractivity contribution in [1.29, 1.82) is 0 Å². The van der Waals surface area contributed by atoms with E-state index in [9.17, 15) is 22.8 Å². The number of methoxy groups -OCH3 is 1. The van der Waals surface area contributed by atoms with Crippen LogP contribution in [0, 0.1) is 0 Å². The number of rotatable bonds is 6. The molecule has 190 valence electrons. The standard InChI is InChI=1S/C25H24ClF3N4O3/c1-15(17-6-8-18(9-7-17)24(35)36-2)30-22(34)20-21(25(27,28)29)31-33-13-3-12-32(23(20)33)14-16-4-10-19(26)11-5-16/h4-11,15H,3,12-14H2,1-2H3,(H,30,34). The van der Waals surface area contributed by atoms with Crippen LogP contribution < -0.4 is 10.2 Å². The molecule has 0 fully saturated rings. The topological polar surface area (TPSA) is 76.5 Å². The molecule has 3 aromatic rings. The molecular weight excluding hydrogens is 497 g/mol. The summed E-state index contributed by atoms with van der Waals surface area (Å²) < 4.78 is 47.9. The van der Waals surface area contributed by atoms with Crippen molar-refractivity contribution in [3.05, 3.63) is 81.5 Å². The van der Waals surface area contributed by atoms with Crippen molar-refractivity contribution in [3.63, 3.8) is 0 Å². The van der Waals surface area contributed by atoms with E-state index in [0.717, 1.165) is 5.56 Å². The monoisotopic (exact) mass is 520 g/mol. The second-order valence-electron chi connectivity index (χ2n) is 8.48. The Kier molecular flexibility index (Phi) is 7.26. The van der Waals surface area contributed by atoms with Crippen molar-refractivity contribution in [2.24, 2.45) is 0 Å². The van der Waals surface area contributed by atoms with Crippen LogP contribution in [0.1, 0.15) is 56.9 Å². The summed E-state index contributed by atoms with van der Waals surface area (Å²) >= 11 is 5.96. The minimum atomic E-state index is -4.81. The fourth-order valence-electron chi connectivity index (χ4n) is 4.20. The Morgan fingerprint density at radius 2 is 1.78 bits per heavy atom. The molecule has 4 rings (SSSR count). The quantitative estimate of drug-likeness (QED) is 0.450. The Bertz CT molecular complexity index is 1260. The molecule has 2 aromatic carbocycles. The summed E-state index contributed by atoms with van der Waals surface area (Å²) in [5, 5.41) is 7.00. The second-order valence-corrected chi connectivity index (χ2v) is 8.91. The molecule has 0 saturated heterocycles. The molecule has 1 aliphatic rings. The van der Waals surface area contributed by atoms with Gasteiger partial charge in [0.1, 0.15) is 11.4 Å². The fourth-order valence-corrected chi connectivity index (χ4v) is 4.32. The van der Waals surface area contributed by atoms with E-state index in [1.54, 1.807) is 48.2 Å². The molecule has 7 nitrogen and oxygen atoms in total. The number of hydrogen-bond donors (Lipinski definition) is 1. The Balaban J connectivity index is 1.65. The minimum Gasteiger partial charge on any atom is -0.465 e. The highest BCUT2D eigenvalue weighted by Crippen LogP contribution is 2.38. The van der Waals surface area contributed by atoms with Gasteiger partial charge in [0.25, 0.3) is 5.91 Å². The number of nitrogens with zero attached hydrogens (tertiary/aromatic N) is 3. The zero-order chi connectivity index (χ0) is 26.0. The maximum atomic E-state index is 14.0. The zero-order valence-electron chi connectivity index (χ0n) is 19.6. The number of aromatic nitrogens is 2. The van der Waals surface area contributed by atoms with Gasteiger partial charge in [-0.2, -0.15) is 18.3 Å². The molecule has 1 aromatic heterocycles. The van der Waals surface area contributed by atoms with Gasteiger partial charge in [-0.05, 0) is 48.7 Å². The molecule has 1 aliphatic heterocycles. The Hall–Kier alpha value is -3.53. The maximum absolute atomic E-state index is 14.0. The molecule has 1 unspecified atom stereocenters. The number of halogens is 4. The third-order valence-electron chi connectivity index (χ3n) is 5.98. The van der Waals surface area contributed by atoms with Crippen molar-refractivity contribution >= 4 is 29.3 Å². The number of carbonyl (C=O) groups is 2. The van der Waals surface area contributed by atoms with Crippen molar-refractivity contribution in [2.45, 2.75) is 38.7 Å². The van der Waals surface area contributed by atoms with Crippen molar-refractivity contribution in [3.8, 4) is 0 Å². The Morgan fingerprint density at radius 1 is 1.11 bits per heavy atom. The number of anilines is 1. The van der Waals surface area contributed by atoms with Crippen LogP contribution in [-0.4, -0.2) is 35.3 Å². The van der Waals surface area contributed by atoms with E-state index in [2.05, 4.69) is 15.2 Å². The predicted octanol–water partition coefficient (Wildman–Crippen LogP) is 5.24. The molecule has 0 bridgehead atoms. The van der Waals surface area contributed by atoms with Gasteiger partial charge in [0.05, 0.1) is 18.7 Å². The van der Waals surface area contributed by atoms with Crippen LogP contribution >= 0.6 is 11.6 Å². The highest BCUT2D eigenvalue weighted by molar-refractivity contribution is 6.30. The number of nitrogens with one attached hydrogen (secondary N) is 1. The summed E-state index contributed by atoms with van der Waals surface area (Å²) in [5.41, 5.74) is 0.0553. The van der Waals surface area contributed by atoms with Crippen molar-refractivity contribution in [1.82, 2.24) is 15.1 Å². The molecule has 2 heterocycles. The van der Waals surface area contributed by atoms with Crippen LogP contribution in [0.3, 0.4) is 0 Å². The van der Waals surface area contributed by atoms with Crippen LogP contribution in [0.2, 0.25) is 5.02 Å². The predicted molar refractivity (Wildman–Crippen MR) is 128 cm³/mol. The van der Waals surface area contributed by atoms with Crippen molar-refractivity contribution in [2.75, 3.05) is 18.6 Å². The zero-order valence-corrected chi connectivity index (χ0v) is 20.4. The van der Waals surface area contributed by atoms with E-state index < -0.39 is 35.4 Å². The summed E-state index contributed by atoms with van der Waals surface area (Å²) in [6.45, 7) is 2.69. The lowest BCUT2D eigenvalue weighted by Gasteiger charge is -2.30. The molecule has 1 amide bonds. The van der Waals surface area contributed by atoms with E-state index in [1.165, 1.54) is 23.9 Å². The first-order valence-electron chi connectivity index (χ1n) is 11.2. The molecule has 36 heavy (non-hydrogen) atoms. The molecule has 11 heteroatoms. The number of carbonyl (C=O) groups excluding carboxylic acids is 2. The SMILES string of the molecule is COC(=O)c1ccc(C(C)NC(=O)c2c(C(F)(F)F)nn3c2N(Cc2ccc(Cl)cc2)CCC3)cc1. The first kappa shape index (κ1) is 25.6. The van der Waals surface area contributed by atoms with Gasteiger partial charge in [-0.1, -0.05) is 35.9 Å². The largest absolute Gasteiger partial charge is 0.465 e. The Morgan fingerprint density at radius 3 is 2.39 bits per heavy atom. The maximum Gasteiger partial charge on any atom is 0.436 e. The third kappa shape index (κ3) is 5.33. The summed E-state index contributed by atoms with van der Waals surface area (Å²) in [4.78, 5) is 26.7. The summed E-state index contributed by atoms with van der Waals surface area (Å²) in [7, 11) is 1.26.